The van der Waals surface area contributed by atoms with Gasteiger partial charge in [0.1, 0.15) is 0 Å². The molecule has 0 saturated heterocycles. The number of hydrogen-bond acceptors (Lipinski definition) is 4. The van der Waals surface area contributed by atoms with E-state index in [1.165, 1.54) is 6.20 Å². The molecule has 1 rings (SSSR count). The van der Waals surface area contributed by atoms with E-state index in [0.29, 0.717) is 24.6 Å². The van der Waals surface area contributed by atoms with E-state index in [9.17, 15) is 9.90 Å². The minimum Gasteiger partial charge on any atom is -0.478 e. The zero-order valence-electron chi connectivity index (χ0n) is 12.0. The van der Waals surface area contributed by atoms with Crippen molar-refractivity contribution in [3.8, 4) is 5.88 Å². The maximum absolute atomic E-state index is 12.3. The van der Waals surface area contributed by atoms with Gasteiger partial charge in [-0.1, -0.05) is 0 Å². The van der Waals surface area contributed by atoms with Gasteiger partial charge in [-0.15, -0.1) is 0 Å². The van der Waals surface area contributed by atoms with E-state index in [4.69, 9.17) is 4.74 Å². The van der Waals surface area contributed by atoms with Crippen LogP contribution in [0.15, 0.2) is 18.3 Å². The number of hydrogen-bond donors (Lipinski definition) is 1. The van der Waals surface area contributed by atoms with Crippen LogP contribution in [0.3, 0.4) is 0 Å². The van der Waals surface area contributed by atoms with Crippen LogP contribution >= 0.6 is 0 Å². The Bertz CT molecular complexity index is 402. The van der Waals surface area contributed by atoms with Gasteiger partial charge >= 0.3 is 0 Å². The molecule has 5 heteroatoms. The molecular weight excluding hydrogens is 244 g/mol. The summed E-state index contributed by atoms with van der Waals surface area (Å²) in [6.07, 6.45) is 0.951. The molecule has 0 aliphatic heterocycles. The molecule has 0 radical (unpaired) electrons. The highest BCUT2D eigenvalue weighted by Gasteiger charge is 2.20. The standard InChI is InChI=1S/C14H22N2O3/c1-5-19-13-7-6-12(8-15-13)14(18)16(10(2)3)9-11(4)17/h6-8,10-11,17H,5,9H2,1-4H3. The average Bonchev–Trinajstić information content (AvgIpc) is 2.36. The molecule has 0 aliphatic rings. The number of carbonyl (C=O) groups excluding carboxylic acids is 1. The second kappa shape index (κ2) is 7.09. The maximum Gasteiger partial charge on any atom is 0.255 e. The average molecular weight is 266 g/mol. The molecule has 0 fully saturated rings. The molecule has 0 aliphatic carbocycles. The first-order chi connectivity index (χ1) is 8.95. The van der Waals surface area contributed by atoms with E-state index in [1.807, 2.05) is 20.8 Å². The summed E-state index contributed by atoms with van der Waals surface area (Å²) in [5, 5.41) is 9.45. The van der Waals surface area contributed by atoms with E-state index in [1.54, 1.807) is 24.0 Å². The molecule has 0 aromatic carbocycles. The van der Waals surface area contributed by atoms with Crippen molar-refractivity contribution in [2.45, 2.75) is 39.8 Å². The highest BCUT2D eigenvalue weighted by Crippen LogP contribution is 2.12. The molecule has 1 heterocycles. The van der Waals surface area contributed by atoms with Crippen LogP contribution in [-0.2, 0) is 0 Å². The van der Waals surface area contributed by atoms with Crippen LogP contribution in [0.5, 0.6) is 5.88 Å². The Morgan fingerprint density at radius 1 is 1.42 bits per heavy atom. The van der Waals surface area contributed by atoms with Crippen molar-refractivity contribution in [3.05, 3.63) is 23.9 Å². The number of carbonyl (C=O) groups is 1. The maximum atomic E-state index is 12.3. The zero-order chi connectivity index (χ0) is 14.4. The normalized spacial score (nSPS) is 12.3. The molecule has 19 heavy (non-hydrogen) atoms. The zero-order valence-corrected chi connectivity index (χ0v) is 12.0. The van der Waals surface area contributed by atoms with Crippen molar-refractivity contribution in [1.82, 2.24) is 9.88 Å². The number of amides is 1. The van der Waals surface area contributed by atoms with Gasteiger partial charge in [0.2, 0.25) is 5.88 Å². The van der Waals surface area contributed by atoms with E-state index < -0.39 is 6.10 Å². The monoisotopic (exact) mass is 266 g/mol. The predicted octanol–water partition coefficient (Wildman–Crippen LogP) is 1.71. The van der Waals surface area contributed by atoms with Gasteiger partial charge in [-0.05, 0) is 33.8 Å². The number of rotatable bonds is 6. The minimum atomic E-state index is -0.554. The van der Waals surface area contributed by atoms with Gasteiger partial charge in [-0.3, -0.25) is 4.79 Å². The first-order valence-electron chi connectivity index (χ1n) is 6.53. The molecule has 1 aromatic rings. The second-order valence-corrected chi connectivity index (χ2v) is 4.72. The lowest BCUT2D eigenvalue weighted by molar-refractivity contribution is 0.0578. The highest BCUT2D eigenvalue weighted by atomic mass is 16.5. The van der Waals surface area contributed by atoms with Crippen LogP contribution in [-0.4, -0.2) is 46.2 Å². The molecule has 1 unspecified atom stereocenters. The first-order valence-corrected chi connectivity index (χ1v) is 6.53. The Kier molecular flexibility index (Phi) is 5.76. The second-order valence-electron chi connectivity index (χ2n) is 4.72. The van der Waals surface area contributed by atoms with Crippen molar-refractivity contribution in [3.63, 3.8) is 0 Å². The molecule has 0 saturated carbocycles. The van der Waals surface area contributed by atoms with Crippen LogP contribution in [0.4, 0.5) is 0 Å². The summed E-state index contributed by atoms with van der Waals surface area (Å²) in [6.45, 7) is 8.23. The third kappa shape index (κ3) is 4.52. The Balaban J connectivity index is 2.84. The van der Waals surface area contributed by atoms with Crippen LogP contribution in [0, 0.1) is 0 Å². The molecule has 106 valence electrons. The molecule has 1 N–H and O–H groups in total. The third-order valence-corrected chi connectivity index (χ3v) is 2.62. The summed E-state index contributed by atoms with van der Waals surface area (Å²) in [4.78, 5) is 18.0. The Hall–Kier alpha value is -1.62. The molecule has 1 aromatic heterocycles. The summed E-state index contributed by atoms with van der Waals surface area (Å²) in [5.41, 5.74) is 0.498. The number of nitrogens with zero attached hydrogens (tertiary/aromatic N) is 2. The van der Waals surface area contributed by atoms with Crippen molar-refractivity contribution >= 4 is 5.91 Å². The molecule has 1 atom stereocenters. The van der Waals surface area contributed by atoms with Crippen molar-refractivity contribution in [1.29, 1.82) is 0 Å². The van der Waals surface area contributed by atoms with Gasteiger partial charge in [0, 0.05) is 24.8 Å². The molecule has 5 nitrogen and oxygen atoms in total. The number of aliphatic hydroxyl groups is 1. The lowest BCUT2D eigenvalue weighted by Crippen LogP contribution is -2.41. The number of aromatic nitrogens is 1. The van der Waals surface area contributed by atoms with Crippen molar-refractivity contribution in [2.24, 2.45) is 0 Å². The molecule has 1 amide bonds. The Labute approximate surface area is 114 Å². The summed E-state index contributed by atoms with van der Waals surface area (Å²) >= 11 is 0. The fourth-order valence-corrected chi connectivity index (χ4v) is 1.72. The molecule has 0 bridgehead atoms. The molecule has 0 spiro atoms. The summed E-state index contributed by atoms with van der Waals surface area (Å²) in [5.74, 6) is 0.372. The fraction of sp³-hybridized carbons (Fsp3) is 0.571. The Morgan fingerprint density at radius 3 is 2.53 bits per heavy atom. The molecular formula is C14H22N2O3. The highest BCUT2D eigenvalue weighted by molar-refractivity contribution is 5.94. The van der Waals surface area contributed by atoms with Gasteiger partial charge in [0.15, 0.2) is 0 Å². The van der Waals surface area contributed by atoms with Gasteiger partial charge in [-0.25, -0.2) is 4.98 Å². The topological polar surface area (TPSA) is 62.7 Å². The third-order valence-electron chi connectivity index (χ3n) is 2.62. The van der Waals surface area contributed by atoms with Crippen LogP contribution in [0.25, 0.3) is 0 Å². The predicted molar refractivity (Wildman–Crippen MR) is 73.3 cm³/mol. The van der Waals surface area contributed by atoms with Crippen molar-refractivity contribution in [2.75, 3.05) is 13.2 Å². The van der Waals surface area contributed by atoms with E-state index in [0.717, 1.165) is 0 Å². The fourth-order valence-electron chi connectivity index (χ4n) is 1.72. The minimum absolute atomic E-state index is 0.0219. The largest absolute Gasteiger partial charge is 0.478 e. The number of aliphatic hydroxyl groups excluding tert-OH is 1. The Morgan fingerprint density at radius 2 is 2.11 bits per heavy atom. The van der Waals surface area contributed by atoms with Gasteiger partial charge in [0.25, 0.3) is 5.91 Å². The van der Waals surface area contributed by atoms with Crippen LogP contribution in [0.2, 0.25) is 0 Å². The lowest BCUT2D eigenvalue weighted by atomic mass is 10.2. The van der Waals surface area contributed by atoms with Gasteiger partial charge in [0.05, 0.1) is 18.3 Å². The van der Waals surface area contributed by atoms with E-state index in [-0.39, 0.29) is 11.9 Å². The smallest absolute Gasteiger partial charge is 0.255 e. The van der Waals surface area contributed by atoms with E-state index in [2.05, 4.69) is 4.98 Å². The van der Waals surface area contributed by atoms with E-state index >= 15 is 0 Å². The van der Waals surface area contributed by atoms with Crippen LogP contribution < -0.4 is 4.74 Å². The quantitative estimate of drug-likeness (QED) is 0.851. The van der Waals surface area contributed by atoms with Gasteiger partial charge < -0.3 is 14.7 Å². The van der Waals surface area contributed by atoms with Crippen molar-refractivity contribution < 1.29 is 14.6 Å². The summed E-state index contributed by atoms with van der Waals surface area (Å²) < 4.78 is 5.24. The number of pyridine rings is 1. The van der Waals surface area contributed by atoms with Crippen LogP contribution in [0.1, 0.15) is 38.1 Å². The lowest BCUT2D eigenvalue weighted by Gasteiger charge is -2.28. The SMILES string of the molecule is CCOc1ccc(C(=O)N(CC(C)O)C(C)C)cn1. The number of ether oxygens (including phenoxy) is 1. The summed E-state index contributed by atoms with van der Waals surface area (Å²) in [7, 11) is 0. The summed E-state index contributed by atoms with van der Waals surface area (Å²) in [6, 6.07) is 3.39. The first kappa shape index (κ1) is 15.4. The van der Waals surface area contributed by atoms with Gasteiger partial charge in [-0.2, -0.15) is 0 Å².